The Labute approximate surface area is 173 Å². The second-order valence-electron chi connectivity index (χ2n) is 6.68. The number of piperazine rings is 1. The summed E-state index contributed by atoms with van der Waals surface area (Å²) in [7, 11) is 3.04. The Morgan fingerprint density at radius 1 is 1.29 bits per heavy atom. The Hall–Kier alpha value is -1.67. The van der Waals surface area contributed by atoms with E-state index < -0.39 is 0 Å². The van der Waals surface area contributed by atoms with Gasteiger partial charge in [0.15, 0.2) is 5.78 Å². The number of hydrogen-bond acceptors (Lipinski definition) is 7. The van der Waals surface area contributed by atoms with E-state index in [4.69, 9.17) is 4.74 Å². The maximum Gasteiger partial charge on any atom is 0.305 e. The monoisotopic (exact) mass is 413 g/mol. The smallest absolute Gasteiger partial charge is 0.305 e. The molecule has 1 fully saturated rings. The van der Waals surface area contributed by atoms with Crippen LogP contribution in [0.3, 0.4) is 0 Å². The summed E-state index contributed by atoms with van der Waals surface area (Å²) in [6.07, 6.45) is 1.89. The third kappa shape index (κ3) is 7.05. The Morgan fingerprint density at radius 2 is 2.04 bits per heavy atom. The number of ether oxygens (including phenoxy) is 2. The van der Waals surface area contributed by atoms with Gasteiger partial charge in [0.05, 0.1) is 26.3 Å². The summed E-state index contributed by atoms with van der Waals surface area (Å²) in [4.78, 5) is 23.7. The predicted molar refractivity (Wildman–Crippen MR) is 111 cm³/mol. The van der Waals surface area contributed by atoms with Crippen molar-refractivity contribution >= 4 is 24.2 Å². The molecule has 158 valence electrons. The van der Waals surface area contributed by atoms with Crippen LogP contribution in [0.5, 0.6) is 5.75 Å². The highest BCUT2D eigenvalue weighted by Gasteiger charge is 2.26. The van der Waals surface area contributed by atoms with Gasteiger partial charge in [0.1, 0.15) is 5.75 Å². The van der Waals surface area contributed by atoms with Crippen molar-refractivity contribution in [2.75, 3.05) is 33.9 Å². The van der Waals surface area contributed by atoms with Gasteiger partial charge < -0.3 is 14.8 Å². The number of nitrogens with zero attached hydrogens (tertiary/aromatic N) is 1. The normalized spacial score (nSPS) is 18.0. The Balaban J connectivity index is 0.00000392. The minimum atomic E-state index is -0.273. The molecular formula is C20H32ClN3O4. The zero-order valence-electron chi connectivity index (χ0n) is 16.9. The van der Waals surface area contributed by atoms with E-state index in [9.17, 15) is 9.59 Å². The number of hydrazine groups is 1. The van der Waals surface area contributed by atoms with Crippen molar-refractivity contribution in [2.45, 2.75) is 44.7 Å². The van der Waals surface area contributed by atoms with Crippen LogP contribution in [0.1, 0.15) is 44.2 Å². The molecule has 0 saturated carbocycles. The van der Waals surface area contributed by atoms with Crippen molar-refractivity contribution < 1.29 is 19.1 Å². The van der Waals surface area contributed by atoms with E-state index in [2.05, 4.69) is 26.6 Å². The average molecular weight is 414 g/mol. The van der Waals surface area contributed by atoms with Gasteiger partial charge >= 0.3 is 5.97 Å². The second-order valence-corrected chi connectivity index (χ2v) is 6.68. The molecule has 1 aromatic carbocycles. The number of ketones is 1. The lowest BCUT2D eigenvalue weighted by molar-refractivity contribution is -0.140. The number of Topliss-reactive ketones (excluding diaryl/α,β-unsaturated/α-hetero) is 1. The van der Waals surface area contributed by atoms with Crippen LogP contribution in [-0.2, 0) is 14.3 Å². The quantitative estimate of drug-likeness (QED) is 0.569. The lowest BCUT2D eigenvalue weighted by atomic mass is 10.0. The molecule has 2 rings (SSSR count). The summed E-state index contributed by atoms with van der Waals surface area (Å²) in [5.74, 6) is 0.724. The summed E-state index contributed by atoms with van der Waals surface area (Å²) in [6, 6.07) is 7.89. The van der Waals surface area contributed by atoms with Gasteiger partial charge in [0.2, 0.25) is 0 Å². The van der Waals surface area contributed by atoms with E-state index in [-0.39, 0.29) is 42.7 Å². The molecule has 0 aliphatic carbocycles. The van der Waals surface area contributed by atoms with Gasteiger partial charge in [0, 0.05) is 38.0 Å². The number of para-hydroxylation sites is 1. The van der Waals surface area contributed by atoms with E-state index >= 15 is 0 Å². The number of rotatable bonds is 10. The number of nitrogens with one attached hydrogen (secondary N) is 2. The number of carbonyl (C=O) groups is 2. The molecule has 7 nitrogen and oxygen atoms in total. The third-order valence-electron chi connectivity index (χ3n) is 4.86. The first-order chi connectivity index (χ1) is 13.1. The summed E-state index contributed by atoms with van der Waals surface area (Å²) in [5.41, 5.74) is 4.50. The van der Waals surface area contributed by atoms with E-state index in [1.165, 1.54) is 7.11 Å². The number of esters is 1. The second kappa shape index (κ2) is 12.7. The van der Waals surface area contributed by atoms with Crippen molar-refractivity contribution in [3.8, 4) is 5.75 Å². The molecule has 1 saturated heterocycles. The molecule has 0 amide bonds. The summed E-state index contributed by atoms with van der Waals surface area (Å²) in [5, 5.41) is 5.63. The van der Waals surface area contributed by atoms with Gasteiger partial charge in [-0.2, -0.15) is 0 Å². The minimum Gasteiger partial charge on any atom is -0.496 e. The van der Waals surface area contributed by atoms with E-state index in [0.717, 1.165) is 30.9 Å². The SMILES string of the molecule is CCC(NN1CCNC(c2ccccc2OC)C1)C(=O)CCCC(=O)OC.Cl. The molecule has 8 heteroatoms. The Bertz CT molecular complexity index is 629. The molecule has 0 radical (unpaired) electrons. The van der Waals surface area contributed by atoms with Crippen LogP contribution in [0.2, 0.25) is 0 Å². The minimum absolute atomic E-state index is 0. The lowest BCUT2D eigenvalue weighted by Crippen LogP contribution is -2.56. The number of carbonyl (C=O) groups excluding carboxylic acids is 2. The standard InChI is InChI=1S/C20H31N3O4.ClH/c1-4-16(18(24)9-7-11-20(25)27-3)22-23-13-12-21-17(14-23)15-8-5-6-10-19(15)26-2;/h5-6,8,10,16-17,21-22H,4,7,9,11-14H2,1-3H3;1H. The van der Waals surface area contributed by atoms with Crippen molar-refractivity contribution in [1.29, 1.82) is 0 Å². The number of methoxy groups -OCH3 is 2. The maximum atomic E-state index is 12.5. The number of benzene rings is 1. The highest BCUT2D eigenvalue weighted by Crippen LogP contribution is 2.26. The van der Waals surface area contributed by atoms with Gasteiger partial charge in [-0.15, -0.1) is 12.4 Å². The molecule has 1 aliphatic heterocycles. The molecule has 2 N–H and O–H groups in total. The van der Waals surface area contributed by atoms with Crippen LogP contribution in [0.15, 0.2) is 24.3 Å². The fourth-order valence-electron chi connectivity index (χ4n) is 3.32. The molecule has 1 aromatic rings. The molecular weight excluding hydrogens is 382 g/mol. The molecule has 28 heavy (non-hydrogen) atoms. The van der Waals surface area contributed by atoms with Gasteiger partial charge in [0.25, 0.3) is 0 Å². The molecule has 2 atom stereocenters. The Morgan fingerprint density at radius 3 is 2.71 bits per heavy atom. The van der Waals surface area contributed by atoms with Crippen molar-refractivity contribution in [1.82, 2.24) is 15.8 Å². The fourth-order valence-corrected chi connectivity index (χ4v) is 3.32. The summed E-state index contributed by atoms with van der Waals surface area (Å²) >= 11 is 0. The van der Waals surface area contributed by atoms with Crippen molar-refractivity contribution in [3.63, 3.8) is 0 Å². The maximum absolute atomic E-state index is 12.5. The molecule has 2 unspecified atom stereocenters. The molecule has 1 heterocycles. The Kier molecular flexibility index (Phi) is 11.1. The van der Waals surface area contributed by atoms with Gasteiger partial charge in [-0.05, 0) is 18.9 Å². The molecule has 0 spiro atoms. The molecule has 1 aliphatic rings. The van der Waals surface area contributed by atoms with Crippen LogP contribution in [0.4, 0.5) is 0 Å². The van der Waals surface area contributed by atoms with E-state index in [1.54, 1.807) is 7.11 Å². The molecule has 0 aromatic heterocycles. The predicted octanol–water partition coefficient (Wildman–Crippen LogP) is 2.26. The van der Waals surface area contributed by atoms with Crippen LogP contribution in [0.25, 0.3) is 0 Å². The van der Waals surface area contributed by atoms with E-state index in [1.807, 2.05) is 25.1 Å². The van der Waals surface area contributed by atoms with Crippen molar-refractivity contribution in [3.05, 3.63) is 29.8 Å². The van der Waals surface area contributed by atoms with Crippen LogP contribution in [-0.4, -0.2) is 56.7 Å². The number of halogens is 1. The van der Waals surface area contributed by atoms with Crippen molar-refractivity contribution in [2.24, 2.45) is 0 Å². The van der Waals surface area contributed by atoms with Crippen LogP contribution < -0.4 is 15.5 Å². The first kappa shape index (κ1) is 24.4. The topological polar surface area (TPSA) is 79.9 Å². The fraction of sp³-hybridized carbons (Fsp3) is 0.600. The van der Waals surface area contributed by atoms with E-state index in [0.29, 0.717) is 19.3 Å². The lowest BCUT2D eigenvalue weighted by Gasteiger charge is -2.36. The zero-order valence-corrected chi connectivity index (χ0v) is 17.7. The van der Waals surface area contributed by atoms with Gasteiger partial charge in [-0.25, -0.2) is 10.4 Å². The number of hydrogen-bond donors (Lipinski definition) is 2. The van der Waals surface area contributed by atoms with Crippen LogP contribution >= 0.6 is 12.4 Å². The van der Waals surface area contributed by atoms with Gasteiger partial charge in [-0.1, -0.05) is 25.1 Å². The first-order valence-corrected chi connectivity index (χ1v) is 9.56. The molecule has 0 bridgehead atoms. The summed E-state index contributed by atoms with van der Waals surface area (Å²) < 4.78 is 10.1. The first-order valence-electron chi connectivity index (χ1n) is 9.56. The third-order valence-corrected chi connectivity index (χ3v) is 4.86. The zero-order chi connectivity index (χ0) is 19.6. The van der Waals surface area contributed by atoms with Gasteiger partial charge in [-0.3, -0.25) is 9.59 Å². The summed E-state index contributed by atoms with van der Waals surface area (Å²) in [6.45, 7) is 4.38. The highest BCUT2D eigenvalue weighted by molar-refractivity contribution is 5.85. The highest BCUT2D eigenvalue weighted by atomic mass is 35.5. The van der Waals surface area contributed by atoms with Crippen LogP contribution in [0, 0.1) is 0 Å². The average Bonchev–Trinajstić information content (AvgIpc) is 2.71. The largest absolute Gasteiger partial charge is 0.496 e.